The lowest BCUT2D eigenvalue weighted by atomic mass is 10.2. The van der Waals surface area contributed by atoms with Crippen LogP contribution in [0.15, 0.2) is 24.3 Å². The summed E-state index contributed by atoms with van der Waals surface area (Å²) >= 11 is 1.49. The summed E-state index contributed by atoms with van der Waals surface area (Å²) in [5.74, 6) is 0.0679. The van der Waals surface area contributed by atoms with Crippen LogP contribution in [0, 0.1) is 0 Å². The molecule has 1 aromatic carbocycles. The van der Waals surface area contributed by atoms with Crippen LogP contribution in [-0.2, 0) is 14.3 Å². The Balaban J connectivity index is 1.90. The molecular formula is C14H16N2O4S. The molecule has 0 radical (unpaired) electrons. The van der Waals surface area contributed by atoms with Crippen molar-refractivity contribution in [3.63, 3.8) is 0 Å². The third-order valence-electron chi connectivity index (χ3n) is 2.97. The molecule has 0 bridgehead atoms. The smallest absolute Gasteiger partial charge is 0.337 e. The highest BCUT2D eigenvalue weighted by Crippen LogP contribution is 2.19. The van der Waals surface area contributed by atoms with E-state index in [1.54, 1.807) is 24.3 Å². The summed E-state index contributed by atoms with van der Waals surface area (Å²) in [6.45, 7) is 0.649. The van der Waals surface area contributed by atoms with Gasteiger partial charge in [0.15, 0.2) is 0 Å². The van der Waals surface area contributed by atoms with Gasteiger partial charge in [0.1, 0.15) is 0 Å². The molecule has 7 heteroatoms. The molecule has 2 amide bonds. The van der Waals surface area contributed by atoms with Crippen molar-refractivity contribution in [2.75, 3.05) is 24.7 Å². The molecule has 1 aliphatic heterocycles. The highest BCUT2D eigenvalue weighted by atomic mass is 32.2. The Morgan fingerprint density at radius 2 is 2.10 bits per heavy atom. The first-order valence-electron chi connectivity index (χ1n) is 6.47. The Labute approximate surface area is 126 Å². The van der Waals surface area contributed by atoms with Crippen LogP contribution in [-0.4, -0.2) is 42.4 Å². The summed E-state index contributed by atoms with van der Waals surface area (Å²) in [5.41, 5.74) is 0.992. The third-order valence-corrected chi connectivity index (χ3v) is 4.20. The van der Waals surface area contributed by atoms with Gasteiger partial charge in [-0.15, -0.1) is 11.8 Å². The van der Waals surface area contributed by atoms with E-state index in [0.717, 1.165) is 5.75 Å². The van der Waals surface area contributed by atoms with Crippen molar-refractivity contribution >= 4 is 35.2 Å². The molecule has 6 nitrogen and oxygen atoms in total. The number of nitrogens with one attached hydrogen (secondary N) is 2. The number of esters is 1. The zero-order valence-corrected chi connectivity index (χ0v) is 12.4. The van der Waals surface area contributed by atoms with Gasteiger partial charge in [0.2, 0.25) is 11.8 Å². The van der Waals surface area contributed by atoms with Gasteiger partial charge in [-0.3, -0.25) is 9.59 Å². The van der Waals surface area contributed by atoms with E-state index < -0.39 is 5.97 Å². The molecule has 1 atom stereocenters. The number of anilines is 1. The predicted molar refractivity (Wildman–Crippen MR) is 80.3 cm³/mol. The summed E-state index contributed by atoms with van der Waals surface area (Å²) in [4.78, 5) is 34.8. The molecule has 1 fully saturated rings. The van der Waals surface area contributed by atoms with Crippen LogP contribution in [0.1, 0.15) is 16.8 Å². The number of rotatable bonds is 4. The monoisotopic (exact) mass is 308 g/mol. The Bertz CT molecular complexity index is 544. The molecule has 0 spiro atoms. The number of amides is 2. The van der Waals surface area contributed by atoms with E-state index in [-0.39, 0.29) is 23.5 Å². The van der Waals surface area contributed by atoms with Crippen molar-refractivity contribution in [1.82, 2.24) is 5.32 Å². The van der Waals surface area contributed by atoms with Crippen LogP contribution >= 0.6 is 11.8 Å². The molecule has 1 aliphatic rings. The van der Waals surface area contributed by atoms with Gasteiger partial charge in [0.05, 0.1) is 17.9 Å². The van der Waals surface area contributed by atoms with Crippen LogP contribution in [0.2, 0.25) is 0 Å². The lowest BCUT2D eigenvalue weighted by molar-refractivity contribution is -0.123. The number of methoxy groups -OCH3 is 1. The van der Waals surface area contributed by atoms with Gasteiger partial charge in [-0.05, 0) is 24.3 Å². The molecule has 0 unspecified atom stereocenters. The van der Waals surface area contributed by atoms with Crippen molar-refractivity contribution in [2.24, 2.45) is 0 Å². The van der Waals surface area contributed by atoms with Gasteiger partial charge in [-0.2, -0.15) is 0 Å². The van der Waals surface area contributed by atoms with E-state index >= 15 is 0 Å². The van der Waals surface area contributed by atoms with Crippen LogP contribution in [0.25, 0.3) is 0 Å². The molecule has 1 saturated heterocycles. The SMILES string of the molecule is COC(=O)c1ccc(NC(=O)C[C@H]2SCCNC2=O)cc1. The van der Waals surface area contributed by atoms with Crippen molar-refractivity contribution in [1.29, 1.82) is 0 Å². The van der Waals surface area contributed by atoms with E-state index in [9.17, 15) is 14.4 Å². The number of carbonyl (C=O) groups is 3. The molecule has 1 aromatic rings. The molecule has 21 heavy (non-hydrogen) atoms. The predicted octanol–water partition coefficient (Wildman–Crippen LogP) is 1.03. The number of hydrogen-bond acceptors (Lipinski definition) is 5. The van der Waals surface area contributed by atoms with E-state index in [4.69, 9.17) is 0 Å². The minimum Gasteiger partial charge on any atom is -0.465 e. The quantitative estimate of drug-likeness (QED) is 0.812. The molecule has 0 aromatic heterocycles. The first kappa shape index (κ1) is 15.4. The van der Waals surface area contributed by atoms with Crippen LogP contribution < -0.4 is 10.6 Å². The van der Waals surface area contributed by atoms with Crippen molar-refractivity contribution < 1.29 is 19.1 Å². The average molecular weight is 308 g/mol. The standard InChI is InChI=1S/C14H16N2O4S/c1-20-14(19)9-2-4-10(5-3-9)16-12(17)8-11-13(18)15-6-7-21-11/h2-5,11H,6-8H2,1H3,(H,15,18)(H,16,17)/t11-/m1/s1. The van der Waals surface area contributed by atoms with E-state index in [1.165, 1.54) is 18.9 Å². The molecule has 0 saturated carbocycles. The lowest BCUT2D eigenvalue weighted by Gasteiger charge is -2.20. The van der Waals surface area contributed by atoms with Crippen molar-refractivity contribution in [2.45, 2.75) is 11.7 Å². The van der Waals surface area contributed by atoms with Gasteiger partial charge in [-0.25, -0.2) is 4.79 Å². The summed E-state index contributed by atoms with van der Waals surface area (Å²) in [6, 6.07) is 6.39. The largest absolute Gasteiger partial charge is 0.465 e. The Morgan fingerprint density at radius 1 is 1.38 bits per heavy atom. The van der Waals surface area contributed by atoms with Gasteiger partial charge < -0.3 is 15.4 Å². The van der Waals surface area contributed by atoms with Crippen molar-refractivity contribution in [3.05, 3.63) is 29.8 Å². The first-order chi connectivity index (χ1) is 10.1. The zero-order valence-electron chi connectivity index (χ0n) is 11.5. The molecule has 112 valence electrons. The molecular weight excluding hydrogens is 292 g/mol. The summed E-state index contributed by atoms with van der Waals surface area (Å²) < 4.78 is 4.60. The second-order valence-electron chi connectivity index (χ2n) is 4.47. The Morgan fingerprint density at radius 3 is 2.71 bits per heavy atom. The number of thioether (sulfide) groups is 1. The Hall–Kier alpha value is -2.02. The van der Waals surface area contributed by atoms with Gasteiger partial charge >= 0.3 is 5.97 Å². The maximum atomic E-state index is 11.9. The van der Waals surface area contributed by atoms with Crippen LogP contribution in [0.4, 0.5) is 5.69 Å². The Kier molecular flexibility index (Phi) is 5.21. The van der Waals surface area contributed by atoms with E-state index in [1.807, 2.05) is 0 Å². The topological polar surface area (TPSA) is 84.5 Å². The number of hydrogen-bond donors (Lipinski definition) is 2. The number of ether oxygens (including phenoxy) is 1. The van der Waals surface area contributed by atoms with Crippen molar-refractivity contribution in [3.8, 4) is 0 Å². The summed E-state index contributed by atoms with van der Waals surface area (Å²) in [6.07, 6.45) is 0.134. The van der Waals surface area contributed by atoms with Crippen LogP contribution in [0.5, 0.6) is 0 Å². The molecule has 2 rings (SSSR count). The zero-order chi connectivity index (χ0) is 15.2. The summed E-state index contributed by atoms with van der Waals surface area (Å²) in [5, 5.41) is 5.11. The normalized spacial score (nSPS) is 17.8. The highest BCUT2D eigenvalue weighted by molar-refractivity contribution is 8.00. The third kappa shape index (κ3) is 4.22. The van der Waals surface area contributed by atoms with Gasteiger partial charge in [0, 0.05) is 24.4 Å². The second kappa shape index (κ2) is 7.12. The maximum absolute atomic E-state index is 11.9. The number of carbonyl (C=O) groups excluding carboxylic acids is 3. The van der Waals surface area contributed by atoms with E-state index in [2.05, 4.69) is 15.4 Å². The minimum atomic E-state index is -0.428. The maximum Gasteiger partial charge on any atom is 0.337 e. The molecule has 2 N–H and O–H groups in total. The minimum absolute atomic E-state index is 0.0950. The highest BCUT2D eigenvalue weighted by Gasteiger charge is 2.25. The van der Waals surface area contributed by atoms with Crippen LogP contribution in [0.3, 0.4) is 0 Å². The first-order valence-corrected chi connectivity index (χ1v) is 7.52. The molecule has 0 aliphatic carbocycles. The fraction of sp³-hybridized carbons (Fsp3) is 0.357. The fourth-order valence-corrected chi connectivity index (χ4v) is 2.91. The summed E-state index contributed by atoms with van der Waals surface area (Å²) in [7, 11) is 1.31. The number of benzene rings is 1. The lowest BCUT2D eigenvalue weighted by Crippen LogP contribution is -2.40. The average Bonchev–Trinajstić information content (AvgIpc) is 2.49. The fourth-order valence-electron chi connectivity index (χ4n) is 1.90. The van der Waals surface area contributed by atoms with Gasteiger partial charge in [0.25, 0.3) is 0 Å². The second-order valence-corrected chi connectivity index (χ2v) is 5.78. The molecule has 1 heterocycles. The van der Waals surface area contributed by atoms with Gasteiger partial charge in [-0.1, -0.05) is 0 Å². The van der Waals surface area contributed by atoms with E-state index in [0.29, 0.717) is 17.8 Å².